The van der Waals surface area contributed by atoms with E-state index in [0.717, 1.165) is 10.5 Å². The van der Waals surface area contributed by atoms with Crippen LogP contribution in [-0.4, -0.2) is 16.0 Å². The monoisotopic (exact) mass is 521 g/mol. The van der Waals surface area contributed by atoms with Gasteiger partial charge in [-0.25, -0.2) is 4.99 Å². The van der Waals surface area contributed by atoms with Crippen LogP contribution in [0.1, 0.15) is 24.1 Å². The third kappa shape index (κ3) is 4.47. The lowest BCUT2D eigenvalue weighted by atomic mass is 9.95. The van der Waals surface area contributed by atoms with Crippen LogP contribution in [0, 0.1) is 0 Å². The van der Waals surface area contributed by atoms with Crippen LogP contribution in [-0.2, 0) is 4.79 Å². The van der Waals surface area contributed by atoms with Gasteiger partial charge in [-0.15, -0.1) is 24.8 Å². The average molecular weight is 524 g/mol. The van der Waals surface area contributed by atoms with Crippen molar-refractivity contribution in [2.75, 3.05) is 0 Å². The van der Waals surface area contributed by atoms with Crippen LogP contribution in [0.5, 0.6) is 0 Å². The summed E-state index contributed by atoms with van der Waals surface area (Å²) in [5.74, 6) is -1.26. The van der Waals surface area contributed by atoms with Gasteiger partial charge >= 0.3 is 0 Å². The molecule has 0 aromatic heterocycles. The van der Waals surface area contributed by atoms with Crippen LogP contribution in [0.3, 0.4) is 0 Å². The first kappa shape index (κ1) is 24.9. The van der Waals surface area contributed by atoms with E-state index in [1.165, 1.54) is 11.8 Å². The molecule has 1 unspecified atom stereocenters. The third-order valence-electron chi connectivity index (χ3n) is 4.50. The molecule has 2 aliphatic heterocycles. The molecule has 0 aliphatic carbocycles. The molecule has 0 amide bonds. The largest absolute Gasteiger partial charge is 0.545 e. The highest BCUT2D eigenvalue weighted by atomic mass is 35.5. The molecule has 0 fully saturated rings. The highest BCUT2D eigenvalue weighted by molar-refractivity contribution is 8.22. The average Bonchev–Trinajstić information content (AvgIpc) is 3.04. The normalized spacial score (nSPS) is 17.5. The molecular formula is C20H14Cl5N2O2S-. The summed E-state index contributed by atoms with van der Waals surface area (Å²) >= 11 is 20.1. The zero-order chi connectivity index (χ0) is 20.0. The van der Waals surface area contributed by atoms with Crippen molar-refractivity contribution in [2.45, 2.75) is 13.0 Å². The summed E-state index contributed by atoms with van der Waals surface area (Å²) in [6, 6.07) is 11.7. The molecule has 0 bridgehead atoms. The topological polar surface area (TPSA) is 55.7 Å². The summed E-state index contributed by atoms with van der Waals surface area (Å²) in [4.78, 5) is 19.0. The molecule has 0 saturated heterocycles. The maximum atomic E-state index is 11.9. The first-order valence-corrected chi connectivity index (χ1v) is 10.2. The highest BCUT2D eigenvalue weighted by Gasteiger charge is 2.37. The number of benzene rings is 2. The molecule has 2 aromatic carbocycles. The Morgan fingerprint density at radius 3 is 2.23 bits per heavy atom. The van der Waals surface area contributed by atoms with E-state index in [-0.39, 0.29) is 30.4 Å². The first-order chi connectivity index (χ1) is 13.4. The van der Waals surface area contributed by atoms with Crippen molar-refractivity contribution in [3.8, 4) is 0 Å². The molecule has 4 rings (SSSR count). The second-order valence-electron chi connectivity index (χ2n) is 6.23. The van der Waals surface area contributed by atoms with Crippen molar-refractivity contribution in [3.63, 3.8) is 0 Å². The molecule has 0 saturated carbocycles. The fourth-order valence-corrected chi connectivity index (χ4v) is 5.22. The predicted molar refractivity (Wildman–Crippen MR) is 128 cm³/mol. The van der Waals surface area contributed by atoms with Crippen molar-refractivity contribution in [2.24, 2.45) is 4.99 Å². The molecule has 2 aromatic rings. The lowest BCUT2D eigenvalue weighted by molar-refractivity contribution is -0.300. The van der Waals surface area contributed by atoms with Gasteiger partial charge in [-0.1, -0.05) is 53.0 Å². The number of carbonyl (C=O) groups is 1. The van der Waals surface area contributed by atoms with E-state index in [1.54, 1.807) is 54.3 Å². The number of thioether (sulfide) groups is 1. The Morgan fingerprint density at radius 1 is 1.07 bits per heavy atom. The van der Waals surface area contributed by atoms with Crippen molar-refractivity contribution in [1.29, 1.82) is 0 Å². The number of halogens is 5. The van der Waals surface area contributed by atoms with Crippen LogP contribution >= 0.6 is 71.4 Å². The number of carboxylic acids is 1. The van der Waals surface area contributed by atoms with Crippen molar-refractivity contribution >= 4 is 87.4 Å². The fourth-order valence-electron chi connectivity index (χ4n) is 3.25. The smallest absolute Gasteiger partial charge is 0.173 e. The summed E-state index contributed by atoms with van der Waals surface area (Å²) < 4.78 is 0. The van der Waals surface area contributed by atoms with Crippen LogP contribution in [0.15, 0.2) is 64.9 Å². The van der Waals surface area contributed by atoms with Gasteiger partial charge in [0.05, 0.1) is 22.1 Å². The zero-order valence-corrected chi connectivity index (χ0v) is 20.0. The number of hydrogen-bond acceptors (Lipinski definition) is 5. The van der Waals surface area contributed by atoms with Crippen molar-refractivity contribution < 1.29 is 9.90 Å². The zero-order valence-electron chi connectivity index (χ0n) is 15.3. The Balaban J connectivity index is 0.00000160. The number of fused-ring (bicyclic) bond motifs is 1. The fraction of sp³-hybridized carbons (Fsp3) is 0.100. The summed E-state index contributed by atoms with van der Waals surface area (Å²) in [6.07, 6.45) is 1.82. The molecule has 0 N–H and O–H groups in total. The van der Waals surface area contributed by atoms with Gasteiger partial charge in [-0.3, -0.25) is 0 Å². The van der Waals surface area contributed by atoms with Gasteiger partial charge in [0.2, 0.25) is 0 Å². The predicted octanol–water partition coefficient (Wildman–Crippen LogP) is 5.97. The number of hydrogen-bond donors (Lipinski definition) is 0. The number of aliphatic carboxylic acids is 1. The number of nitrogens with zero attached hydrogens (tertiary/aromatic N) is 2. The van der Waals surface area contributed by atoms with E-state index in [2.05, 4.69) is 4.99 Å². The first-order valence-electron chi connectivity index (χ1n) is 8.25. The molecular weight excluding hydrogens is 510 g/mol. The van der Waals surface area contributed by atoms with E-state index in [9.17, 15) is 9.90 Å². The van der Waals surface area contributed by atoms with Gasteiger partial charge in [0.25, 0.3) is 0 Å². The van der Waals surface area contributed by atoms with Gasteiger partial charge in [0.15, 0.2) is 5.17 Å². The summed E-state index contributed by atoms with van der Waals surface area (Å²) in [5, 5.41) is 14.1. The lowest BCUT2D eigenvalue weighted by Gasteiger charge is -2.34. The van der Waals surface area contributed by atoms with E-state index >= 15 is 0 Å². The molecule has 1 atom stereocenters. The van der Waals surface area contributed by atoms with Crippen molar-refractivity contribution in [1.82, 2.24) is 4.90 Å². The highest BCUT2D eigenvalue weighted by Crippen LogP contribution is 2.48. The minimum atomic E-state index is -1.26. The number of carbonyl (C=O) groups excluding carboxylic acids is 1. The van der Waals surface area contributed by atoms with Crippen LogP contribution in [0.4, 0.5) is 0 Å². The number of amidine groups is 1. The second-order valence-corrected chi connectivity index (χ2v) is 8.49. The Morgan fingerprint density at radius 2 is 1.67 bits per heavy atom. The van der Waals surface area contributed by atoms with Crippen LogP contribution in [0.2, 0.25) is 15.1 Å². The Bertz CT molecular complexity index is 1060. The maximum Gasteiger partial charge on any atom is 0.173 e. The van der Waals surface area contributed by atoms with Gasteiger partial charge in [-0.2, -0.15) is 0 Å². The van der Waals surface area contributed by atoms with Crippen LogP contribution < -0.4 is 5.11 Å². The van der Waals surface area contributed by atoms with Gasteiger partial charge in [0.1, 0.15) is 0 Å². The van der Waals surface area contributed by atoms with Gasteiger partial charge < -0.3 is 14.8 Å². The molecule has 0 spiro atoms. The molecule has 30 heavy (non-hydrogen) atoms. The second kappa shape index (κ2) is 9.86. The molecule has 10 heteroatoms. The van der Waals surface area contributed by atoms with E-state index in [1.807, 2.05) is 6.20 Å². The summed E-state index contributed by atoms with van der Waals surface area (Å²) in [7, 11) is 0. The van der Waals surface area contributed by atoms with E-state index in [0.29, 0.717) is 31.5 Å². The molecule has 2 heterocycles. The lowest BCUT2D eigenvalue weighted by Crippen LogP contribution is -2.38. The molecule has 4 nitrogen and oxygen atoms in total. The number of carboxylic acid groups (broad SMARTS) is 1. The molecule has 158 valence electrons. The Labute approximate surface area is 205 Å². The Hall–Kier alpha value is -1.34. The van der Waals surface area contributed by atoms with E-state index in [4.69, 9.17) is 34.8 Å². The minimum absolute atomic E-state index is 0. The summed E-state index contributed by atoms with van der Waals surface area (Å²) in [5.41, 5.74) is 1.96. The number of allylic oxidation sites excluding steroid dienone is 1. The molecule has 0 radical (unpaired) electrons. The standard InChI is InChI=1S/C20H13Cl3N2O2S.2ClH/c1-10-16(19(26)27)18(11-5-7-12(21)8-6-11)25-9-15(28-20(25)24-10)17-13(22)3-2-4-14(17)23;;/h2-9,18H,1H3,(H,26,27);2*1H/p-1. The van der Waals surface area contributed by atoms with Gasteiger partial charge in [0, 0.05) is 33.0 Å². The third-order valence-corrected chi connectivity index (χ3v) is 6.39. The van der Waals surface area contributed by atoms with E-state index < -0.39 is 12.0 Å². The minimum Gasteiger partial charge on any atom is -0.545 e. The molecule has 2 aliphatic rings. The summed E-state index contributed by atoms with van der Waals surface area (Å²) in [6.45, 7) is 1.67. The van der Waals surface area contributed by atoms with Gasteiger partial charge in [-0.05, 0) is 48.5 Å². The van der Waals surface area contributed by atoms with Crippen LogP contribution in [0.25, 0.3) is 4.91 Å². The SMILES string of the molecule is CC1=C(C(=O)[O-])C(c2ccc(Cl)cc2)N2C=C(c3c(Cl)cccc3Cl)SC2=N1.Cl.Cl. The quantitative estimate of drug-likeness (QED) is 0.497. The number of aliphatic imine (C=N–C) groups is 1. The maximum absolute atomic E-state index is 11.9. The number of rotatable bonds is 3. The van der Waals surface area contributed by atoms with Crippen molar-refractivity contribution in [3.05, 3.63) is 86.1 Å². The Kier molecular flexibility index (Phi) is 8.19.